The van der Waals surface area contributed by atoms with Crippen molar-refractivity contribution in [3.63, 3.8) is 0 Å². The second-order valence-corrected chi connectivity index (χ2v) is 4.87. The fraction of sp³-hybridized carbons (Fsp3) is 0.917. The molecule has 1 heterocycles. The Labute approximate surface area is 104 Å². The summed E-state index contributed by atoms with van der Waals surface area (Å²) in [6, 6.07) is 0.377. The van der Waals surface area contributed by atoms with Crippen LogP contribution >= 0.6 is 0 Å². The van der Waals surface area contributed by atoms with E-state index >= 15 is 0 Å². The van der Waals surface area contributed by atoms with E-state index in [1.165, 1.54) is 0 Å². The van der Waals surface area contributed by atoms with Crippen molar-refractivity contribution in [1.29, 1.82) is 0 Å². The van der Waals surface area contributed by atoms with Gasteiger partial charge in [0.1, 0.15) is 0 Å². The Kier molecular flexibility index (Phi) is 6.47. The van der Waals surface area contributed by atoms with E-state index in [1.807, 2.05) is 4.90 Å². The number of amides is 1. The molecule has 5 nitrogen and oxygen atoms in total. The molecule has 1 unspecified atom stereocenters. The summed E-state index contributed by atoms with van der Waals surface area (Å²) in [7, 11) is 4.12. The summed E-state index contributed by atoms with van der Waals surface area (Å²) in [5, 5.41) is 3.28. The zero-order valence-corrected chi connectivity index (χ0v) is 11.2. The van der Waals surface area contributed by atoms with Gasteiger partial charge in [-0.1, -0.05) is 0 Å². The number of ether oxygens (including phenoxy) is 1. The third-order valence-electron chi connectivity index (χ3n) is 2.97. The topological polar surface area (TPSA) is 44.8 Å². The first-order valence-electron chi connectivity index (χ1n) is 6.33. The summed E-state index contributed by atoms with van der Waals surface area (Å²) >= 11 is 0. The number of hydrogen-bond donors (Lipinski definition) is 1. The third kappa shape index (κ3) is 6.00. The molecule has 0 aromatic rings. The molecule has 0 aliphatic carbocycles. The first-order chi connectivity index (χ1) is 8.09. The molecule has 1 fully saturated rings. The maximum absolute atomic E-state index is 11.8. The Morgan fingerprint density at radius 2 is 2.06 bits per heavy atom. The van der Waals surface area contributed by atoms with E-state index in [0.717, 1.165) is 26.1 Å². The van der Waals surface area contributed by atoms with Crippen LogP contribution < -0.4 is 5.32 Å². The lowest BCUT2D eigenvalue weighted by molar-refractivity contribution is -0.134. The zero-order valence-electron chi connectivity index (χ0n) is 11.2. The maximum Gasteiger partial charge on any atom is 0.236 e. The van der Waals surface area contributed by atoms with Crippen LogP contribution in [-0.2, 0) is 9.53 Å². The molecule has 1 N–H and O–H groups in total. The Balaban J connectivity index is 2.13. The quantitative estimate of drug-likeness (QED) is 0.700. The minimum absolute atomic E-state index is 0.185. The molecule has 100 valence electrons. The average Bonchev–Trinajstić information content (AvgIpc) is 2.34. The standard InChI is InChI=1S/C12H25N3O2/c1-11(4-5-14(2)3)13-10-12(16)15-6-8-17-9-7-15/h11,13H,4-10H2,1-3H3. The van der Waals surface area contributed by atoms with Gasteiger partial charge in [-0.25, -0.2) is 0 Å². The lowest BCUT2D eigenvalue weighted by Gasteiger charge is -2.27. The van der Waals surface area contributed by atoms with Gasteiger partial charge < -0.3 is 19.9 Å². The smallest absolute Gasteiger partial charge is 0.236 e. The van der Waals surface area contributed by atoms with E-state index in [2.05, 4.69) is 31.2 Å². The van der Waals surface area contributed by atoms with Crippen LogP contribution in [0.3, 0.4) is 0 Å². The van der Waals surface area contributed by atoms with Crippen molar-refractivity contribution in [3.8, 4) is 0 Å². The highest BCUT2D eigenvalue weighted by atomic mass is 16.5. The van der Waals surface area contributed by atoms with Gasteiger partial charge in [0.2, 0.25) is 5.91 Å². The van der Waals surface area contributed by atoms with E-state index in [-0.39, 0.29) is 5.91 Å². The molecule has 1 aliphatic rings. The molecule has 1 atom stereocenters. The molecule has 0 aromatic heterocycles. The van der Waals surface area contributed by atoms with Crippen LogP contribution in [0.15, 0.2) is 0 Å². The van der Waals surface area contributed by atoms with Crippen molar-refractivity contribution >= 4 is 5.91 Å². The number of carbonyl (C=O) groups is 1. The number of carbonyl (C=O) groups excluding carboxylic acids is 1. The van der Waals surface area contributed by atoms with Crippen molar-refractivity contribution in [2.75, 3.05) is 53.5 Å². The normalized spacial score (nSPS) is 18.5. The number of rotatable bonds is 6. The highest BCUT2D eigenvalue weighted by Crippen LogP contribution is 1.98. The predicted octanol–water partition coefficient (Wildman–Crippen LogP) is -0.225. The maximum atomic E-state index is 11.8. The summed E-state index contributed by atoms with van der Waals surface area (Å²) in [4.78, 5) is 15.9. The van der Waals surface area contributed by atoms with Crippen LogP contribution in [-0.4, -0.2) is 75.2 Å². The van der Waals surface area contributed by atoms with Gasteiger partial charge >= 0.3 is 0 Å². The lowest BCUT2D eigenvalue weighted by atomic mass is 10.2. The van der Waals surface area contributed by atoms with Crippen LogP contribution in [0.25, 0.3) is 0 Å². The van der Waals surface area contributed by atoms with E-state index in [9.17, 15) is 4.79 Å². The Morgan fingerprint density at radius 1 is 1.41 bits per heavy atom. The molecule has 1 rings (SSSR count). The minimum Gasteiger partial charge on any atom is -0.378 e. The number of nitrogens with one attached hydrogen (secondary N) is 1. The van der Waals surface area contributed by atoms with Crippen molar-refractivity contribution in [2.45, 2.75) is 19.4 Å². The molecule has 1 amide bonds. The van der Waals surface area contributed by atoms with Gasteiger partial charge in [0.05, 0.1) is 19.8 Å². The first kappa shape index (κ1) is 14.4. The van der Waals surface area contributed by atoms with Gasteiger partial charge in [-0.2, -0.15) is 0 Å². The van der Waals surface area contributed by atoms with Crippen LogP contribution in [0.4, 0.5) is 0 Å². The largest absolute Gasteiger partial charge is 0.378 e. The second-order valence-electron chi connectivity index (χ2n) is 4.87. The van der Waals surface area contributed by atoms with Crippen LogP contribution in [0.2, 0.25) is 0 Å². The van der Waals surface area contributed by atoms with Crippen LogP contribution in [0.1, 0.15) is 13.3 Å². The number of hydrogen-bond acceptors (Lipinski definition) is 4. The SMILES string of the molecule is CC(CCN(C)C)NCC(=O)N1CCOCC1. The molecule has 1 saturated heterocycles. The highest BCUT2D eigenvalue weighted by molar-refractivity contribution is 5.78. The van der Waals surface area contributed by atoms with Gasteiger partial charge in [0.15, 0.2) is 0 Å². The van der Waals surface area contributed by atoms with Gasteiger partial charge in [0.25, 0.3) is 0 Å². The first-order valence-corrected chi connectivity index (χ1v) is 6.33. The van der Waals surface area contributed by atoms with Gasteiger partial charge in [-0.3, -0.25) is 4.79 Å². The lowest BCUT2D eigenvalue weighted by Crippen LogP contribution is -2.46. The van der Waals surface area contributed by atoms with Crippen molar-refractivity contribution in [3.05, 3.63) is 0 Å². The molecule has 5 heteroatoms. The molecule has 0 aromatic carbocycles. The minimum atomic E-state index is 0.185. The fourth-order valence-corrected chi connectivity index (χ4v) is 1.74. The number of nitrogens with zero attached hydrogens (tertiary/aromatic N) is 2. The molecule has 0 bridgehead atoms. The monoisotopic (exact) mass is 243 g/mol. The molecule has 17 heavy (non-hydrogen) atoms. The number of morpholine rings is 1. The molecule has 0 radical (unpaired) electrons. The average molecular weight is 243 g/mol. The Hall–Kier alpha value is -0.650. The third-order valence-corrected chi connectivity index (χ3v) is 2.97. The van der Waals surface area contributed by atoms with Crippen molar-refractivity contribution < 1.29 is 9.53 Å². The van der Waals surface area contributed by atoms with E-state index in [4.69, 9.17) is 4.74 Å². The predicted molar refractivity (Wildman–Crippen MR) is 68.0 cm³/mol. The van der Waals surface area contributed by atoms with Gasteiger partial charge in [0, 0.05) is 19.1 Å². The molecule has 0 spiro atoms. The van der Waals surface area contributed by atoms with Crippen molar-refractivity contribution in [1.82, 2.24) is 15.1 Å². The Morgan fingerprint density at radius 3 is 2.65 bits per heavy atom. The summed E-state index contributed by atoms with van der Waals surface area (Å²) < 4.78 is 5.22. The van der Waals surface area contributed by atoms with E-state index < -0.39 is 0 Å². The second kappa shape index (κ2) is 7.63. The fourth-order valence-electron chi connectivity index (χ4n) is 1.74. The summed E-state index contributed by atoms with van der Waals surface area (Å²) in [6.45, 7) is 6.40. The van der Waals surface area contributed by atoms with E-state index in [1.54, 1.807) is 0 Å². The molecular formula is C12H25N3O2. The Bertz CT molecular complexity index is 228. The van der Waals surface area contributed by atoms with Crippen LogP contribution in [0.5, 0.6) is 0 Å². The summed E-state index contributed by atoms with van der Waals surface area (Å²) in [5.41, 5.74) is 0. The van der Waals surface area contributed by atoms with Gasteiger partial charge in [-0.15, -0.1) is 0 Å². The highest BCUT2D eigenvalue weighted by Gasteiger charge is 2.16. The van der Waals surface area contributed by atoms with Crippen LogP contribution in [0, 0.1) is 0 Å². The molecule has 0 saturated carbocycles. The molecular weight excluding hydrogens is 218 g/mol. The summed E-state index contributed by atoms with van der Waals surface area (Å²) in [5.74, 6) is 0.185. The summed E-state index contributed by atoms with van der Waals surface area (Å²) in [6.07, 6.45) is 1.06. The molecule has 1 aliphatic heterocycles. The van der Waals surface area contributed by atoms with E-state index in [0.29, 0.717) is 25.8 Å². The van der Waals surface area contributed by atoms with Gasteiger partial charge in [-0.05, 0) is 34.0 Å². The zero-order chi connectivity index (χ0) is 12.7. The van der Waals surface area contributed by atoms with Crippen molar-refractivity contribution in [2.24, 2.45) is 0 Å².